The van der Waals surface area contributed by atoms with E-state index in [0.717, 1.165) is 5.57 Å². The predicted molar refractivity (Wildman–Crippen MR) is 81.7 cm³/mol. The predicted octanol–water partition coefficient (Wildman–Crippen LogP) is 5.21. The maximum atomic E-state index is 3.85. The molecule has 0 amide bonds. The Kier molecular flexibility index (Phi) is 4.91. The summed E-state index contributed by atoms with van der Waals surface area (Å²) in [6, 6.07) is 10.5. The molecule has 0 heterocycles. The zero-order valence-corrected chi connectivity index (χ0v) is 11.6. The van der Waals surface area contributed by atoms with Crippen molar-refractivity contribution >= 4 is 0 Å². The molecule has 0 saturated carbocycles. The van der Waals surface area contributed by atoms with Crippen molar-refractivity contribution in [3.8, 4) is 0 Å². The van der Waals surface area contributed by atoms with E-state index >= 15 is 0 Å². The van der Waals surface area contributed by atoms with Crippen molar-refractivity contribution in [2.45, 2.75) is 26.2 Å². The van der Waals surface area contributed by atoms with Gasteiger partial charge in [0.2, 0.25) is 0 Å². The maximum absolute atomic E-state index is 3.85. The molecular weight excluding hydrogens is 216 g/mol. The number of allylic oxidation sites excluding steroid dienone is 6. The van der Waals surface area contributed by atoms with E-state index in [0.29, 0.717) is 0 Å². The standard InChI is InChI=1S/C18H22/c1-6-11-16(7-2)15(3)14-18(4,5)17-12-9-8-10-13-17/h6-14H,1-2H2,3-5H3/b15-14+,16-11+. The summed E-state index contributed by atoms with van der Waals surface area (Å²) in [6.07, 6.45) is 7.93. The molecule has 0 unspecified atom stereocenters. The summed E-state index contributed by atoms with van der Waals surface area (Å²) in [5, 5.41) is 0. The van der Waals surface area contributed by atoms with Gasteiger partial charge in [-0.1, -0.05) is 81.6 Å². The lowest BCUT2D eigenvalue weighted by molar-refractivity contribution is 0.665. The van der Waals surface area contributed by atoms with Crippen LogP contribution in [0.3, 0.4) is 0 Å². The third-order valence-electron chi connectivity index (χ3n) is 3.07. The number of benzene rings is 1. The van der Waals surface area contributed by atoms with Gasteiger partial charge in [-0.2, -0.15) is 0 Å². The highest BCUT2D eigenvalue weighted by Gasteiger charge is 2.17. The van der Waals surface area contributed by atoms with Crippen molar-refractivity contribution in [3.63, 3.8) is 0 Å². The van der Waals surface area contributed by atoms with Gasteiger partial charge in [0.05, 0.1) is 0 Å². The molecule has 0 saturated heterocycles. The van der Waals surface area contributed by atoms with Crippen LogP contribution >= 0.6 is 0 Å². The zero-order valence-electron chi connectivity index (χ0n) is 11.6. The zero-order chi connectivity index (χ0) is 13.6. The number of hydrogen-bond acceptors (Lipinski definition) is 0. The molecule has 0 aliphatic carbocycles. The van der Waals surface area contributed by atoms with Gasteiger partial charge in [0.25, 0.3) is 0 Å². The van der Waals surface area contributed by atoms with Crippen LogP contribution in [0.5, 0.6) is 0 Å². The van der Waals surface area contributed by atoms with Gasteiger partial charge in [0, 0.05) is 5.41 Å². The van der Waals surface area contributed by atoms with Crippen LogP contribution in [-0.2, 0) is 5.41 Å². The van der Waals surface area contributed by atoms with Gasteiger partial charge in [-0.15, -0.1) is 0 Å². The van der Waals surface area contributed by atoms with E-state index in [-0.39, 0.29) is 5.41 Å². The quantitative estimate of drug-likeness (QED) is 0.618. The minimum absolute atomic E-state index is 0.00854. The topological polar surface area (TPSA) is 0 Å². The van der Waals surface area contributed by atoms with Crippen molar-refractivity contribution < 1.29 is 0 Å². The summed E-state index contributed by atoms with van der Waals surface area (Å²) >= 11 is 0. The Morgan fingerprint density at radius 3 is 2.22 bits per heavy atom. The molecular formula is C18H22. The molecule has 0 aliphatic heterocycles. The fourth-order valence-corrected chi connectivity index (χ4v) is 2.06. The van der Waals surface area contributed by atoms with Crippen LogP contribution in [0.25, 0.3) is 0 Å². The SMILES string of the molecule is C=C/C=C(C=C)/C(C)=C/C(C)(C)c1ccccc1. The molecule has 0 radical (unpaired) electrons. The van der Waals surface area contributed by atoms with E-state index in [1.165, 1.54) is 11.1 Å². The van der Waals surface area contributed by atoms with Crippen LogP contribution in [0, 0.1) is 0 Å². The van der Waals surface area contributed by atoms with Crippen LogP contribution in [0.2, 0.25) is 0 Å². The fourth-order valence-electron chi connectivity index (χ4n) is 2.06. The highest BCUT2D eigenvalue weighted by atomic mass is 14.2. The highest BCUT2D eigenvalue weighted by molar-refractivity contribution is 5.43. The second-order valence-electron chi connectivity index (χ2n) is 4.98. The molecule has 0 bridgehead atoms. The average molecular weight is 238 g/mol. The van der Waals surface area contributed by atoms with Gasteiger partial charge < -0.3 is 0 Å². The molecule has 0 N–H and O–H groups in total. The van der Waals surface area contributed by atoms with Gasteiger partial charge in [0.15, 0.2) is 0 Å². The first-order valence-electron chi connectivity index (χ1n) is 6.22. The first kappa shape index (κ1) is 14.2. The summed E-state index contributed by atoms with van der Waals surface area (Å²) in [6.45, 7) is 14.1. The lowest BCUT2D eigenvalue weighted by atomic mass is 9.82. The Morgan fingerprint density at radius 1 is 1.11 bits per heavy atom. The molecule has 1 rings (SSSR count). The van der Waals surface area contributed by atoms with E-state index in [2.05, 4.69) is 64.3 Å². The third kappa shape index (κ3) is 3.59. The Balaban J connectivity index is 3.11. The summed E-state index contributed by atoms with van der Waals surface area (Å²) in [5.41, 5.74) is 3.66. The van der Waals surface area contributed by atoms with Gasteiger partial charge in [0.1, 0.15) is 0 Å². The summed E-state index contributed by atoms with van der Waals surface area (Å²) in [5.74, 6) is 0. The van der Waals surface area contributed by atoms with Crippen LogP contribution in [0.4, 0.5) is 0 Å². The largest absolute Gasteiger partial charge is 0.0990 e. The second kappa shape index (κ2) is 6.20. The smallest absolute Gasteiger partial charge is 0.00812 e. The first-order chi connectivity index (χ1) is 8.51. The van der Waals surface area contributed by atoms with Crippen LogP contribution in [0.1, 0.15) is 26.3 Å². The molecule has 1 aromatic carbocycles. The first-order valence-corrected chi connectivity index (χ1v) is 6.22. The Bertz CT molecular complexity index is 470. The average Bonchev–Trinajstić information content (AvgIpc) is 2.36. The molecule has 0 heteroatoms. The normalized spacial score (nSPS) is 13.3. The molecule has 0 spiro atoms. The minimum Gasteiger partial charge on any atom is -0.0990 e. The molecule has 1 aromatic rings. The van der Waals surface area contributed by atoms with Crippen molar-refractivity contribution in [2.24, 2.45) is 0 Å². The molecule has 0 aliphatic rings. The fraction of sp³-hybridized carbons (Fsp3) is 0.222. The second-order valence-corrected chi connectivity index (χ2v) is 4.98. The summed E-state index contributed by atoms with van der Waals surface area (Å²) in [7, 11) is 0. The Morgan fingerprint density at radius 2 is 1.72 bits per heavy atom. The lowest BCUT2D eigenvalue weighted by Crippen LogP contribution is -2.14. The highest BCUT2D eigenvalue weighted by Crippen LogP contribution is 2.27. The molecule has 94 valence electrons. The monoisotopic (exact) mass is 238 g/mol. The van der Waals surface area contributed by atoms with Crippen molar-refractivity contribution in [1.82, 2.24) is 0 Å². The van der Waals surface area contributed by atoms with Crippen LogP contribution in [-0.4, -0.2) is 0 Å². The molecule has 18 heavy (non-hydrogen) atoms. The van der Waals surface area contributed by atoms with Gasteiger partial charge in [-0.25, -0.2) is 0 Å². The maximum Gasteiger partial charge on any atom is 0.00812 e. The Hall–Kier alpha value is -1.82. The number of hydrogen-bond donors (Lipinski definition) is 0. The van der Waals surface area contributed by atoms with Crippen LogP contribution < -0.4 is 0 Å². The molecule has 0 nitrogen and oxygen atoms in total. The van der Waals surface area contributed by atoms with Crippen molar-refractivity contribution in [1.29, 1.82) is 0 Å². The van der Waals surface area contributed by atoms with Gasteiger partial charge in [-0.05, 0) is 23.6 Å². The summed E-state index contributed by atoms with van der Waals surface area (Å²) in [4.78, 5) is 0. The van der Waals surface area contributed by atoms with E-state index in [4.69, 9.17) is 0 Å². The van der Waals surface area contributed by atoms with E-state index in [1.54, 1.807) is 6.08 Å². The molecule has 0 atom stereocenters. The summed E-state index contributed by atoms with van der Waals surface area (Å²) < 4.78 is 0. The third-order valence-corrected chi connectivity index (χ3v) is 3.07. The van der Waals surface area contributed by atoms with Crippen LogP contribution in [0.15, 0.2) is 78.9 Å². The minimum atomic E-state index is 0.00854. The number of rotatable bonds is 5. The van der Waals surface area contributed by atoms with Crippen molar-refractivity contribution in [2.75, 3.05) is 0 Å². The lowest BCUT2D eigenvalue weighted by Gasteiger charge is -2.22. The Labute approximate surface area is 111 Å². The van der Waals surface area contributed by atoms with Crippen molar-refractivity contribution in [3.05, 3.63) is 84.5 Å². The molecule has 0 aromatic heterocycles. The van der Waals surface area contributed by atoms with E-state index in [1.807, 2.05) is 18.2 Å². The van der Waals surface area contributed by atoms with Gasteiger partial charge in [-0.3, -0.25) is 0 Å². The van der Waals surface area contributed by atoms with E-state index in [9.17, 15) is 0 Å². The molecule has 0 fully saturated rings. The van der Waals surface area contributed by atoms with E-state index < -0.39 is 0 Å². The van der Waals surface area contributed by atoms with Gasteiger partial charge >= 0.3 is 0 Å².